The fraction of sp³-hybridized carbons (Fsp3) is 0.571. The van der Waals surface area contributed by atoms with Gasteiger partial charge < -0.3 is 20.3 Å². The third-order valence-electron chi connectivity index (χ3n) is 2.78. The highest BCUT2D eigenvalue weighted by Gasteiger charge is 2.20. The average Bonchev–Trinajstić information content (AvgIpc) is 2.36. The Morgan fingerprint density at radius 1 is 1.45 bits per heavy atom. The first-order valence-electron chi connectivity index (χ1n) is 6.40. The minimum atomic E-state index is -1.01. The molecule has 0 aliphatic rings. The lowest BCUT2D eigenvalue weighted by atomic mass is 9.90. The lowest BCUT2D eigenvalue weighted by Crippen LogP contribution is -2.30. The van der Waals surface area contributed by atoms with Crippen molar-refractivity contribution < 1.29 is 19.7 Å². The summed E-state index contributed by atoms with van der Waals surface area (Å²) in [6, 6.07) is 2.69. The number of carboxylic acid groups (broad SMARTS) is 1. The molecule has 112 valence electrons. The quantitative estimate of drug-likeness (QED) is 0.732. The van der Waals surface area contributed by atoms with Crippen molar-refractivity contribution in [2.45, 2.75) is 32.2 Å². The molecule has 0 spiro atoms. The molecule has 0 aliphatic heterocycles. The molecule has 1 aromatic heterocycles. The number of aromatic nitrogens is 1. The molecule has 0 bridgehead atoms. The van der Waals surface area contributed by atoms with Crippen LogP contribution in [-0.2, 0) is 10.2 Å². The highest BCUT2D eigenvalue weighted by atomic mass is 16.5. The van der Waals surface area contributed by atoms with E-state index in [2.05, 4.69) is 10.3 Å². The molecule has 20 heavy (non-hydrogen) atoms. The second kappa shape index (κ2) is 6.67. The van der Waals surface area contributed by atoms with Crippen LogP contribution in [0.15, 0.2) is 12.1 Å². The van der Waals surface area contributed by atoms with Gasteiger partial charge in [0.1, 0.15) is 5.82 Å². The first-order chi connectivity index (χ1) is 9.27. The summed E-state index contributed by atoms with van der Waals surface area (Å²) in [7, 11) is 1.53. The molecule has 0 aromatic carbocycles. The minimum Gasteiger partial charge on any atom is -0.478 e. The number of anilines is 1. The number of carboxylic acids is 1. The molecule has 0 saturated carbocycles. The number of carbonyl (C=O) groups is 1. The van der Waals surface area contributed by atoms with Crippen LogP contribution in [-0.4, -0.2) is 47.5 Å². The van der Waals surface area contributed by atoms with Crippen LogP contribution in [0.25, 0.3) is 0 Å². The molecule has 0 amide bonds. The summed E-state index contributed by atoms with van der Waals surface area (Å²) in [5, 5.41) is 21.4. The fourth-order valence-electron chi connectivity index (χ4n) is 1.66. The number of aromatic carboxylic acids is 1. The number of ether oxygens (including phenoxy) is 1. The van der Waals surface area contributed by atoms with Gasteiger partial charge in [-0.1, -0.05) is 20.8 Å². The summed E-state index contributed by atoms with van der Waals surface area (Å²) in [6.45, 7) is 6.06. The van der Waals surface area contributed by atoms with Gasteiger partial charge in [0.25, 0.3) is 0 Å². The van der Waals surface area contributed by atoms with Crippen molar-refractivity contribution >= 4 is 11.8 Å². The molecule has 3 N–H and O–H groups in total. The summed E-state index contributed by atoms with van der Waals surface area (Å²) in [4.78, 5) is 15.6. The van der Waals surface area contributed by atoms with Crippen LogP contribution < -0.4 is 5.32 Å². The normalized spacial score (nSPS) is 13.1. The number of pyridine rings is 1. The van der Waals surface area contributed by atoms with Crippen LogP contribution in [0.1, 0.15) is 36.8 Å². The third kappa shape index (κ3) is 4.47. The van der Waals surface area contributed by atoms with Gasteiger partial charge >= 0.3 is 5.97 Å². The smallest absolute Gasteiger partial charge is 0.335 e. The lowest BCUT2D eigenvalue weighted by molar-refractivity contribution is 0.0696. The second-order valence-corrected chi connectivity index (χ2v) is 5.66. The van der Waals surface area contributed by atoms with Crippen LogP contribution in [0.3, 0.4) is 0 Å². The Morgan fingerprint density at radius 3 is 2.55 bits per heavy atom. The summed E-state index contributed by atoms with van der Waals surface area (Å²) in [5.74, 6) is -0.584. The third-order valence-corrected chi connectivity index (χ3v) is 2.78. The van der Waals surface area contributed by atoms with E-state index in [0.717, 1.165) is 0 Å². The maximum Gasteiger partial charge on any atom is 0.335 e. The van der Waals surface area contributed by atoms with Crippen LogP contribution in [0, 0.1) is 0 Å². The van der Waals surface area contributed by atoms with Gasteiger partial charge in [-0.25, -0.2) is 9.78 Å². The summed E-state index contributed by atoms with van der Waals surface area (Å²) >= 11 is 0. The summed E-state index contributed by atoms with van der Waals surface area (Å²) in [6.07, 6.45) is 0. The van der Waals surface area contributed by atoms with Crippen molar-refractivity contribution in [1.82, 2.24) is 4.98 Å². The van der Waals surface area contributed by atoms with Gasteiger partial charge in [0, 0.05) is 18.2 Å². The van der Waals surface area contributed by atoms with Crippen molar-refractivity contribution in [3.8, 4) is 0 Å². The molecule has 6 heteroatoms. The van der Waals surface area contributed by atoms with Crippen molar-refractivity contribution in [2.75, 3.05) is 25.6 Å². The molecule has 0 saturated heterocycles. The Morgan fingerprint density at radius 2 is 2.10 bits per heavy atom. The molecule has 1 unspecified atom stereocenters. The Labute approximate surface area is 118 Å². The van der Waals surface area contributed by atoms with E-state index in [1.54, 1.807) is 6.07 Å². The molecule has 6 nitrogen and oxygen atoms in total. The lowest BCUT2D eigenvalue weighted by Gasteiger charge is -2.21. The molecule has 1 aromatic rings. The van der Waals surface area contributed by atoms with Gasteiger partial charge in [-0.05, 0) is 12.1 Å². The van der Waals surface area contributed by atoms with E-state index < -0.39 is 5.97 Å². The number of hydrogen-bond acceptors (Lipinski definition) is 5. The Kier molecular flexibility index (Phi) is 5.47. The number of nitrogens with zero attached hydrogens (tertiary/aromatic N) is 1. The first-order valence-corrected chi connectivity index (χ1v) is 6.40. The van der Waals surface area contributed by atoms with Gasteiger partial charge in [-0.2, -0.15) is 0 Å². The first kappa shape index (κ1) is 16.4. The van der Waals surface area contributed by atoms with Crippen LogP contribution in [0.5, 0.6) is 0 Å². The maximum absolute atomic E-state index is 11.2. The highest BCUT2D eigenvalue weighted by Crippen LogP contribution is 2.23. The van der Waals surface area contributed by atoms with Crippen LogP contribution in [0.2, 0.25) is 0 Å². The highest BCUT2D eigenvalue weighted by molar-refractivity contribution is 5.88. The van der Waals surface area contributed by atoms with E-state index in [1.165, 1.54) is 13.2 Å². The van der Waals surface area contributed by atoms with Gasteiger partial charge in [0.15, 0.2) is 0 Å². The van der Waals surface area contributed by atoms with Crippen molar-refractivity contribution in [2.24, 2.45) is 0 Å². The van der Waals surface area contributed by atoms with Gasteiger partial charge in [0.2, 0.25) is 0 Å². The second-order valence-electron chi connectivity index (χ2n) is 5.66. The molecule has 0 radical (unpaired) electrons. The predicted molar refractivity (Wildman–Crippen MR) is 76.3 cm³/mol. The number of aliphatic hydroxyl groups excluding tert-OH is 1. The summed E-state index contributed by atoms with van der Waals surface area (Å²) < 4.78 is 4.98. The zero-order chi connectivity index (χ0) is 15.3. The zero-order valence-electron chi connectivity index (χ0n) is 12.3. The number of hydrogen-bond donors (Lipinski definition) is 3. The predicted octanol–water partition coefficient (Wildman–Crippen LogP) is 1.50. The van der Waals surface area contributed by atoms with Crippen molar-refractivity contribution in [1.29, 1.82) is 0 Å². The number of aliphatic hydroxyl groups is 1. The molecular formula is C14H22N2O4. The molecule has 0 fully saturated rings. The molecular weight excluding hydrogens is 260 g/mol. The van der Waals surface area contributed by atoms with Gasteiger partial charge in [-0.3, -0.25) is 0 Å². The average molecular weight is 282 g/mol. The van der Waals surface area contributed by atoms with Crippen LogP contribution in [0.4, 0.5) is 5.82 Å². The van der Waals surface area contributed by atoms with Gasteiger partial charge in [0.05, 0.1) is 24.8 Å². The molecule has 1 heterocycles. The standard InChI is InChI=1S/C14H22N2O4/c1-14(2,3)11-5-9(13(18)19)6-12(16-11)15-10(7-17)8-20-4/h5-6,10,17H,7-8H2,1-4H3,(H,15,16)(H,18,19). The topological polar surface area (TPSA) is 91.7 Å². The fourth-order valence-corrected chi connectivity index (χ4v) is 1.66. The largest absolute Gasteiger partial charge is 0.478 e. The van der Waals surface area contributed by atoms with Crippen molar-refractivity contribution in [3.05, 3.63) is 23.4 Å². The van der Waals surface area contributed by atoms with E-state index in [9.17, 15) is 9.90 Å². The minimum absolute atomic E-state index is 0.127. The molecule has 1 atom stereocenters. The number of rotatable bonds is 6. The number of methoxy groups -OCH3 is 1. The van der Waals surface area contributed by atoms with E-state index >= 15 is 0 Å². The number of nitrogens with one attached hydrogen (secondary N) is 1. The molecule has 1 rings (SSSR count). The SMILES string of the molecule is COCC(CO)Nc1cc(C(=O)O)cc(C(C)(C)C)n1. The Balaban J connectivity index is 3.12. The van der Waals surface area contributed by atoms with E-state index in [1.807, 2.05) is 20.8 Å². The van der Waals surface area contributed by atoms with E-state index in [0.29, 0.717) is 18.1 Å². The zero-order valence-corrected chi connectivity index (χ0v) is 12.3. The Hall–Kier alpha value is -1.66. The van der Waals surface area contributed by atoms with E-state index in [4.69, 9.17) is 9.84 Å². The van der Waals surface area contributed by atoms with E-state index in [-0.39, 0.29) is 23.6 Å². The maximum atomic E-state index is 11.2. The van der Waals surface area contributed by atoms with Gasteiger partial charge in [-0.15, -0.1) is 0 Å². The van der Waals surface area contributed by atoms with Crippen LogP contribution >= 0.6 is 0 Å². The summed E-state index contributed by atoms with van der Waals surface area (Å²) in [5.41, 5.74) is 0.577. The molecule has 0 aliphatic carbocycles. The monoisotopic (exact) mass is 282 g/mol. The van der Waals surface area contributed by atoms with Crippen molar-refractivity contribution in [3.63, 3.8) is 0 Å². The Bertz CT molecular complexity index is 469.